The third-order valence-corrected chi connectivity index (χ3v) is 2.95. The Labute approximate surface area is 121 Å². The maximum Gasteiger partial charge on any atom is 0.212 e. The van der Waals surface area contributed by atoms with Gasteiger partial charge in [-0.1, -0.05) is 6.07 Å². The van der Waals surface area contributed by atoms with Gasteiger partial charge in [-0.2, -0.15) is 0 Å². The lowest BCUT2D eigenvalue weighted by Crippen LogP contribution is -2.42. The Bertz CT molecular complexity index is 335. The number of nitrogens with two attached hydrogens (primary N) is 1. The van der Waals surface area contributed by atoms with Crippen LogP contribution in [0.25, 0.3) is 0 Å². The van der Waals surface area contributed by atoms with E-state index in [1.807, 2.05) is 12.3 Å². The molecule has 1 aromatic rings. The number of aromatic nitrogens is 1. The lowest BCUT2D eigenvalue weighted by Gasteiger charge is -2.30. The van der Waals surface area contributed by atoms with Gasteiger partial charge in [-0.05, 0) is 24.9 Å². The van der Waals surface area contributed by atoms with Gasteiger partial charge < -0.3 is 10.5 Å². The van der Waals surface area contributed by atoms with Crippen LogP contribution in [0.15, 0.2) is 18.3 Å². The van der Waals surface area contributed by atoms with E-state index >= 15 is 0 Å². The molecule has 18 heavy (non-hydrogen) atoms. The fourth-order valence-corrected chi connectivity index (χ4v) is 2.12. The third-order valence-electron chi connectivity index (χ3n) is 2.95. The van der Waals surface area contributed by atoms with Gasteiger partial charge >= 0.3 is 0 Å². The summed E-state index contributed by atoms with van der Waals surface area (Å²) < 4.78 is 5.03. The van der Waals surface area contributed by atoms with E-state index in [1.165, 1.54) is 12.0 Å². The molecule has 0 bridgehead atoms. The molecule has 1 aliphatic heterocycles. The lowest BCUT2D eigenvalue weighted by molar-refractivity contribution is 0.201. The SMILES string of the molecule is COc1ccc(CN2CCCC(N)C2)cn1.Cl.Cl. The zero-order valence-corrected chi connectivity index (χ0v) is 12.2. The van der Waals surface area contributed by atoms with E-state index in [2.05, 4.69) is 16.0 Å². The first-order valence-electron chi connectivity index (χ1n) is 5.75. The van der Waals surface area contributed by atoms with Crippen molar-refractivity contribution in [3.8, 4) is 5.88 Å². The van der Waals surface area contributed by atoms with Crippen molar-refractivity contribution in [3.63, 3.8) is 0 Å². The molecule has 2 N–H and O–H groups in total. The predicted octanol–water partition coefficient (Wildman–Crippen LogP) is 1.86. The van der Waals surface area contributed by atoms with Crippen molar-refractivity contribution in [2.24, 2.45) is 5.73 Å². The third kappa shape index (κ3) is 4.98. The molecule has 1 unspecified atom stereocenters. The van der Waals surface area contributed by atoms with Crippen molar-refractivity contribution in [2.45, 2.75) is 25.4 Å². The zero-order valence-electron chi connectivity index (χ0n) is 10.5. The molecule has 6 heteroatoms. The van der Waals surface area contributed by atoms with Crippen molar-refractivity contribution in [1.29, 1.82) is 0 Å². The Morgan fingerprint density at radius 2 is 2.22 bits per heavy atom. The summed E-state index contributed by atoms with van der Waals surface area (Å²) in [7, 11) is 1.63. The number of rotatable bonds is 3. The van der Waals surface area contributed by atoms with Gasteiger partial charge in [-0.15, -0.1) is 24.8 Å². The predicted molar refractivity (Wildman–Crippen MR) is 77.8 cm³/mol. The van der Waals surface area contributed by atoms with Gasteiger partial charge in [0.2, 0.25) is 5.88 Å². The standard InChI is InChI=1S/C12H19N3O.2ClH/c1-16-12-5-4-10(7-14-12)8-15-6-2-3-11(13)9-15;;/h4-5,7,11H,2-3,6,8-9,13H2,1H3;2*1H. The molecule has 1 fully saturated rings. The maximum atomic E-state index is 5.95. The Kier molecular flexibility index (Phi) is 8.27. The second kappa shape index (κ2) is 8.53. The van der Waals surface area contributed by atoms with Crippen molar-refractivity contribution in [1.82, 2.24) is 9.88 Å². The van der Waals surface area contributed by atoms with Crippen molar-refractivity contribution >= 4 is 24.8 Å². The van der Waals surface area contributed by atoms with E-state index < -0.39 is 0 Å². The molecule has 1 atom stereocenters. The quantitative estimate of drug-likeness (QED) is 0.924. The highest BCUT2D eigenvalue weighted by atomic mass is 35.5. The van der Waals surface area contributed by atoms with Gasteiger partial charge in [-0.25, -0.2) is 4.98 Å². The molecule has 4 nitrogen and oxygen atoms in total. The highest BCUT2D eigenvalue weighted by molar-refractivity contribution is 5.85. The summed E-state index contributed by atoms with van der Waals surface area (Å²) >= 11 is 0. The van der Waals surface area contributed by atoms with Crippen LogP contribution in [-0.2, 0) is 6.54 Å². The molecule has 1 aromatic heterocycles. The van der Waals surface area contributed by atoms with Crippen molar-refractivity contribution in [2.75, 3.05) is 20.2 Å². The van der Waals surface area contributed by atoms with E-state index in [0.29, 0.717) is 11.9 Å². The molecule has 104 valence electrons. The summed E-state index contributed by atoms with van der Waals surface area (Å²) in [4.78, 5) is 6.59. The molecule has 2 heterocycles. The highest BCUT2D eigenvalue weighted by Crippen LogP contribution is 2.13. The normalized spacial score (nSPS) is 19.6. The summed E-state index contributed by atoms with van der Waals surface area (Å²) in [5.41, 5.74) is 7.16. The average molecular weight is 294 g/mol. The molecule has 0 aromatic carbocycles. The van der Waals surface area contributed by atoms with Crippen LogP contribution in [-0.4, -0.2) is 36.1 Å². The van der Waals surface area contributed by atoms with E-state index in [0.717, 1.165) is 26.1 Å². The number of piperidine rings is 1. The van der Waals surface area contributed by atoms with Gasteiger partial charge in [0.15, 0.2) is 0 Å². The van der Waals surface area contributed by atoms with Crippen LogP contribution in [0.1, 0.15) is 18.4 Å². The number of nitrogens with zero attached hydrogens (tertiary/aromatic N) is 2. The fourth-order valence-electron chi connectivity index (χ4n) is 2.12. The number of halogens is 2. The Morgan fingerprint density at radius 1 is 1.44 bits per heavy atom. The van der Waals surface area contributed by atoms with Crippen LogP contribution in [0, 0.1) is 0 Å². The highest BCUT2D eigenvalue weighted by Gasteiger charge is 2.16. The van der Waals surface area contributed by atoms with Crippen LogP contribution >= 0.6 is 24.8 Å². The lowest BCUT2D eigenvalue weighted by atomic mass is 10.1. The first-order valence-corrected chi connectivity index (χ1v) is 5.75. The molecular formula is C12H21Cl2N3O. The molecule has 0 radical (unpaired) electrons. The largest absolute Gasteiger partial charge is 0.481 e. The molecule has 1 aliphatic rings. The Balaban J connectivity index is 0.00000144. The fraction of sp³-hybridized carbons (Fsp3) is 0.583. The smallest absolute Gasteiger partial charge is 0.212 e. The van der Waals surface area contributed by atoms with Crippen LogP contribution in [0.2, 0.25) is 0 Å². The number of pyridine rings is 1. The monoisotopic (exact) mass is 293 g/mol. The topological polar surface area (TPSA) is 51.4 Å². The summed E-state index contributed by atoms with van der Waals surface area (Å²) in [5.74, 6) is 0.666. The molecule has 1 saturated heterocycles. The summed E-state index contributed by atoms with van der Waals surface area (Å²) in [6, 6.07) is 4.30. The molecule has 0 amide bonds. The molecular weight excluding hydrogens is 273 g/mol. The van der Waals surface area contributed by atoms with E-state index in [1.54, 1.807) is 7.11 Å². The van der Waals surface area contributed by atoms with Gasteiger partial charge in [0.05, 0.1) is 7.11 Å². The summed E-state index contributed by atoms with van der Waals surface area (Å²) in [6.07, 6.45) is 4.22. The molecule has 0 saturated carbocycles. The van der Waals surface area contributed by atoms with E-state index in [9.17, 15) is 0 Å². The van der Waals surface area contributed by atoms with Gasteiger partial charge in [0.1, 0.15) is 0 Å². The maximum absolute atomic E-state index is 5.95. The summed E-state index contributed by atoms with van der Waals surface area (Å²) in [5, 5.41) is 0. The van der Waals surface area contributed by atoms with E-state index in [4.69, 9.17) is 10.5 Å². The molecule has 0 aliphatic carbocycles. The van der Waals surface area contributed by atoms with E-state index in [-0.39, 0.29) is 24.8 Å². The number of hydrogen-bond acceptors (Lipinski definition) is 4. The molecule has 0 spiro atoms. The first kappa shape index (κ1) is 17.4. The number of hydrogen-bond donors (Lipinski definition) is 1. The van der Waals surface area contributed by atoms with Crippen molar-refractivity contribution in [3.05, 3.63) is 23.9 Å². The minimum Gasteiger partial charge on any atom is -0.481 e. The average Bonchev–Trinajstić information content (AvgIpc) is 2.30. The van der Waals surface area contributed by atoms with Crippen LogP contribution in [0.4, 0.5) is 0 Å². The van der Waals surface area contributed by atoms with Crippen LogP contribution in [0.3, 0.4) is 0 Å². The Hall–Kier alpha value is -0.550. The number of ether oxygens (including phenoxy) is 1. The Morgan fingerprint density at radius 3 is 2.78 bits per heavy atom. The zero-order chi connectivity index (χ0) is 11.4. The molecule has 2 rings (SSSR count). The van der Waals surface area contributed by atoms with Gasteiger partial charge in [0.25, 0.3) is 0 Å². The van der Waals surface area contributed by atoms with Gasteiger partial charge in [0, 0.05) is 31.4 Å². The number of methoxy groups -OCH3 is 1. The van der Waals surface area contributed by atoms with Crippen molar-refractivity contribution < 1.29 is 4.74 Å². The van der Waals surface area contributed by atoms with Crippen LogP contribution < -0.4 is 10.5 Å². The number of likely N-dealkylation sites (tertiary alicyclic amines) is 1. The first-order chi connectivity index (χ1) is 7.78. The second-order valence-electron chi connectivity index (χ2n) is 4.35. The summed E-state index contributed by atoms with van der Waals surface area (Å²) in [6.45, 7) is 3.07. The van der Waals surface area contributed by atoms with Crippen LogP contribution in [0.5, 0.6) is 5.88 Å². The minimum atomic E-state index is 0. The second-order valence-corrected chi connectivity index (χ2v) is 4.35. The minimum absolute atomic E-state index is 0. The van der Waals surface area contributed by atoms with Gasteiger partial charge in [-0.3, -0.25) is 4.90 Å².